The molecule has 0 unspecified atom stereocenters. The van der Waals surface area contributed by atoms with Crippen molar-refractivity contribution in [3.63, 3.8) is 0 Å². The Hall–Kier alpha value is -1.79. The highest BCUT2D eigenvalue weighted by molar-refractivity contribution is 7.11. The van der Waals surface area contributed by atoms with Crippen LogP contribution in [-0.2, 0) is 24.2 Å². The van der Waals surface area contributed by atoms with Crippen LogP contribution in [-0.4, -0.2) is 17.0 Å². The minimum atomic E-state index is -0.379. The zero-order valence-electron chi connectivity index (χ0n) is 12.2. The SMILES string of the molecule is CCCc1nc(COC)sc1Cc1ccc([N+](=O)[O-])cc1. The summed E-state index contributed by atoms with van der Waals surface area (Å²) in [5.74, 6) is 0. The maximum Gasteiger partial charge on any atom is 0.269 e. The van der Waals surface area contributed by atoms with Gasteiger partial charge >= 0.3 is 0 Å². The standard InChI is InChI=1S/C15H18N2O3S/c1-3-4-13-14(21-15(16-13)10-20-2)9-11-5-7-12(8-6-11)17(18)19/h5-8H,3-4,9-10H2,1-2H3. The van der Waals surface area contributed by atoms with Crippen LogP contribution in [0.3, 0.4) is 0 Å². The molecule has 0 spiro atoms. The molecule has 0 aliphatic carbocycles. The van der Waals surface area contributed by atoms with Gasteiger partial charge in [0.1, 0.15) is 5.01 Å². The normalized spacial score (nSPS) is 10.8. The molecular weight excluding hydrogens is 288 g/mol. The zero-order chi connectivity index (χ0) is 15.2. The Balaban J connectivity index is 2.18. The van der Waals surface area contributed by atoms with E-state index < -0.39 is 0 Å². The molecule has 0 aliphatic rings. The van der Waals surface area contributed by atoms with E-state index in [1.807, 2.05) is 12.1 Å². The fraction of sp³-hybridized carbons (Fsp3) is 0.400. The number of ether oxygens (including phenoxy) is 1. The van der Waals surface area contributed by atoms with Crippen molar-refractivity contribution in [1.82, 2.24) is 4.98 Å². The van der Waals surface area contributed by atoms with Crippen molar-refractivity contribution in [2.45, 2.75) is 32.8 Å². The molecular formula is C15H18N2O3S. The van der Waals surface area contributed by atoms with Crippen molar-refractivity contribution in [2.24, 2.45) is 0 Å². The summed E-state index contributed by atoms with van der Waals surface area (Å²) in [6.07, 6.45) is 2.75. The second-order valence-corrected chi connectivity index (χ2v) is 5.93. The van der Waals surface area contributed by atoms with Gasteiger partial charge in [-0.05, 0) is 12.0 Å². The molecule has 0 saturated heterocycles. The van der Waals surface area contributed by atoms with Crippen molar-refractivity contribution in [3.05, 3.63) is 55.5 Å². The van der Waals surface area contributed by atoms with E-state index >= 15 is 0 Å². The van der Waals surface area contributed by atoms with Gasteiger partial charge in [0.15, 0.2) is 0 Å². The van der Waals surface area contributed by atoms with Crippen molar-refractivity contribution in [2.75, 3.05) is 7.11 Å². The third-order valence-electron chi connectivity index (χ3n) is 3.09. The largest absolute Gasteiger partial charge is 0.378 e. The maximum absolute atomic E-state index is 10.7. The number of benzene rings is 1. The van der Waals surface area contributed by atoms with Gasteiger partial charge in [-0.15, -0.1) is 11.3 Å². The molecule has 0 aliphatic heterocycles. The molecule has 0 saturated carbocycles. The first-order valence-corrected chi connectivity index (χ1v) is 7.65. The Kier molecular flexibility index (Phi) is 5.41. The monoisotopic (exact) mass is 306 g/mol. The Labute approximate surface area is 127 Å². The van der Waals surface area contributed by atoms with Crippen LogP contribution in [0, 0.1) is 10.1 Å². The summed E-state index contributed by atoms with van der Waals surface area (Å²) >= 11 is 1.66. The van der Waals surface area contributed by atoms with E-state index in [4.69, 9.17) is 4.74 Å². The smallest absolute Gasteiger partial charge is 0.269 e. The first-order valence-electron chi connectivity index (χ1n) is 6.83. The molecule has 112 valence electrons. The molecule has 1 aromatic heterocycles. The highest BCUT2D eigenvalue weighted by atomic mass is 32.1. The van der Waals surface area contributed by atoms with Crippen LogP contribution in [0.1, 0.15) is 34.5 Å². The summed E-state index contributed by atoms with van der Waals surface area (Å²) in [4.78, 5) is 16.1. The number of thiazole rings is 1. The predicted octanol–water partition coefficient (Wildman–Crippen LogP) is 3.74. The van der Waals surface area contributed by atoms with Crippen LogP contribution in [0.15, 0.2) is 24.3 Å². The number of non-ortho nitro benzene ring substituents is 1. The van der Waals surface area contributed by atoms with Gasteiger partial charge in [-0.25, -0.2) is 4.98 Å². The van der Waals surface area contributed by atoms with Crippen LogP contribution in [0.2, 0.25) is 0 Å². The highest BCUT2D eigenvalue weighted by Gasteiger charge is 2.12. The lowest BCUT2D eigenvalue weighted by Gasteiger charge is -2.01. The van der Waals surface area contributed by atoms with Crippen LogP contribution >= 0.6 is 11.3 Å². The van der Waals surface area contributed by atoms with Gasteiger partial charge in [0.2, 0.25) is 0 Å². The van der Waals surface area contributed by atoms with E-state index in [-0.39, 0.29) is 10.6 Å². The maximum atomic E-state index is 10.7. The third kappa shape index (κ3) is 4.09. The molecule has 0 fully saturated rings. The van der Waals surface area contributed by atoms with Gasteiger partial charge in [-0.3, -0.25) is 10.1 Å². The zero-order valence-corrected chi connectivity index (χ0v) is 13.0. The van der Waals surface area contributed by atoms with E-state index in [0.29, 0.717) is 6.61 Å². The molecule has 0 atom stereocenters. The van der Waals surface area contributed by atoms with E-state index in [0.717, 1.165) is 35.5 Å². The average Bonchev–Trinajstić information content (AvgIpc) is 2.82. The minimum absolute atomic E-state index is 0.122. The van der Waals surface area contributed by atoms with E-state index in [9.17, 15) is 10.1 Å². The van der Waals surface area contributed by atoms with Crippen LogP contribution in [0.4, 0.5) is 5.69 Å². The Morgan fingerprint density at radius 1 is 1.33 bits per heavy atom. The van der Waals surface area contributed by atoms with Crippen LogP contribution in [0.25, 0.3) is 0 Å². The summed E-state index contributed by atoms with van der Waals surface area (Å²) in [5.41, 5.74) is 2.30. The van der Waals surface area contributed by atoms with Crippen LogP contribution < -0.4 is 0 Å². The molecule has 6 heteroatoms. The molecule has 1 aromatic carbocycles. The van der Waals surface area contributed by atoms with E-state index in [2.05, 4.69) is 11.9 Å². The third-order valence-corrected chi connectivity index (χ3v) is 4.16. The molecule has 0 bridgehead atoms. The number of rotatable bonds is 7. The summed E-state index contributed by atoms with van der Waals surface area (Å²) in [5, 5.41) is 11.7. The lowest BCUT2D eigenvalue weighted by molar-refractivity contribution is -0.384. The fourth-order valence-corrected chi connectivity index (χ4v) is 3.23. The van der Waals surface area contributed by atoms with Gasteiger partial charge in [0, 0.05) is 30.5 Å². The minimum Gasteiger partial charge on any atom is -0.378 e. The number of methoxy groups -OCH3 is 1. The number of aryl methyl sites for hydroxylation is 1. The Morgan fingerprint density at radius 2 is 2.05 bits per heavy atom. The van der Waals surface area contributed by atoms with Gasteiger partial charge in [-0.1, -0.05) is 25.5 Å². The molecule has 0 amide bonds. The molecule has 1 heterocycles. The van der Waals surface area contributed by atoms with Crippen LogP contribution in [0.5, 0.6) is 0 Å². The number of hydrogen-bond donors (Lipinski definition) is 0. The van der Waals surface area contributed by atoms with Crippen molar-refractivity contribution >= 4 is 17.0 Å². The van der Waals surface area contributed by atoms with E-state index in [1.54, 1.807) is 30.6 Å². The Morgan fingerprint density at radius 3 is 2.62 bits per heavy atom. The summed E-state index contributed by atoms with van der Waals surface area (Å²) in [6, 6.07) is 6.71. The number of nitro benzene ring substituents is 1. The van der Waals surface area contributed by atoms with Gasteiger partial charge in [0.05, 0.1) is 17.2 Å². The predicted molar refractivity (Wildman–Crippen MR) is 82.7 cm³/mol. The Bertz CT molecular complexity index is 608. The summed E-state index contributed by atoms with van der Waals surface area (Å²) in [6.45, 7) is 2.66. The average molecular weight is 306 g/mol. The molecule has 2 aromatic rings. The van der Waals surface area contributed by atoms with Crippen molar-refractivity contribution < 1.29 is 9.66 Å². The van der Waals surface area contributed by atoms with Crippen molar-refractivity contribution in [1.29, 1.82) is 0 Å². The lowest BCUT2D eigenvalue weighted by atomic mass is 10.1. The van der Waals surface area contributed by atoms with Crippen molar-refractivity contribution in [3.8, 4) is 0 Å². The second kappa shape index (κ2) is 7.28. The fourth-order valence-electron chi connectivity index (χ4n) is 2.11. The quantitative estimate of drug-likeness (QED) is 0.577. The van der Waals surface area contributed by atoms with Gasteiger partial charge in [0.25, 0.3) is 5.69 Å². The molecule has 21 heavy (non-hydrogen) atoms. The molecule has 0 N–H and O–H groups in total. The topological polar surface area (TPSA) is 65.3 Å². The summed E-state index contributed by atoms with van der Waals surface area (Å²) in [7, 11) is 1.66. The summed E-state index contributed by atoms with van der Waals surface area (Å²) < 4.78 is 5.14. The number of hydrogen-bond acceptors (Lipinski definition) is 5. The second-order valence-electron chi connectivity index (χ2n) is 4.76. The highest BCUT2D eigenvalue weighted by Crippen LogP contribution is 2.24. The van der Waals surface area contributed by atoms with Gasteiger partial charge in [-0.2, -0.15) is 0 Å². The van der Waals surface area contributed by atoms with E-state index in [1.165, 1.54) is 4.88 Å². The number of nitrogens with zero attached hydrogens (tertiary/aromatic N) is 2. The molecule has 5 nitrogen and oxygen atoms in total. The van der Waals surface area contributed by atoms with Gasteiger partial charge < -0.3 is 4.74 Å². The first kappa shape index (κ1) is 15.6. The first-order chi connectivity index (χ1) is 10.1. The molecule has 2 rings (SSSR count). The number of aromatic nitrogens is 1. The lowest BCUT2D eigenvalue weighted by Crippen LogP contribution is -1.94. The molecule has 0 radical (unpaired) electrons. The number of nitro groups is 1.